The van der Waals surface area contributed by atoms with Crippen LogP contribution >= 0.6 is 0 Å². The zero-order valence-corrected chi connectivity index (χ0v) is 11.8. The number of nitrogens with zero attached hydrogens (tertiary/aromatic N) is 1. The van der Waals surface area contributed by atoms with Crippen molar-refractivity contribution in [3.05, 3.63) is 29.7 Å². The van der Waals surface area contributed by atoms with Gasteiger partial charge >= 0.3 is 0 Å². The fraction of sp³-hybridized carbons (Fsp3) is 0.533. The Morgan fingerprint density at radius 3 is 3.05 bits per heavy atom. The lowest BCUT2D eigenvalue weighted by Gasteiger charge is -2.11. The van der Waals surface area contributed by atoms with Crippen molar-refractivity contribution in [1.29, 1.82) is 0 Å². The van der Waals surface area contributed by atoms with Crippen LogP contribution in [0.5, 0.6) is 0 Å². The van der Waals surface area contributed by atoms with Crippen molar-refractivity contribution in [2.45, 2.75) is 26.7 Å². The maximum atomic E-state index is 5.54. The van der Waals surface area contributed by atoms with Gasteiger partial charge in [0, 0.05) is 6.92 Å². The standard InChI is InChI=1S/C15H23N3O/c1-11(5-7-16)10-17-8-6-13-3-4-14-15(9-13)19-12(2)18-14/h3-4,9,11,17H,5-8,10,16H2,1-2H3. The van der Waals surface area contributed by atoms with E-state index in [9.17, 15) is 0 Å². The lowest BCUT2D eigenvalue weighted by Crippen LogP contribution is -2.24. The molecule has 4 nitrogen and oxygen atoms in total. The average molecular weight is 261 g/mol. The molecule has 0 radical (unpaired) electrons. The topological polar surface area (TPSA) is 64.1 Å². The van der Waals surface area contributed by atoms with E-state index in [1.165, 1.54) is 5.56 Å². The highest BCUT2D eigenvalue weighted by atomic mass is 16.3. The minimum Gasteiger partial charge on any atom is -0.441 e. The van der Waals surface area contributed by atoms with Crippen LogP contribution in [0.1, 0.15) is 24.8 Å². The van der Waals surface area contributed by atoms with Gasteiger partial charge in [-0.15, -0.1) is 0 Å². The highest BCUT2D eigenvalue weighted by Crippen LogP contribution is 2.16. The Hall–Kier alpha value is -1.39. The van der Waals surface area contributed by atoms with Crippen LogP contribution in [0.4, 0.5) is 0 Å². The zero-order chi connectivity index (χ0) is 13.7. The summed E-state index contributed by atoms with van der Waals surface area (Å²) in [7, 11) is 0. The van der Waals surface area contributed by atoms with E-state index >= 15 is 0 Å². The van der Waals surface area contributed by atoms with Gasteiger partial charge in [-0.05, 0) is 56.1 Å². The Labute approximate surface area is 114 Å². The smallest absolute Gasteiger partial charge is 0.192 e. The zero-order valence-electron chi connectivity index (χ0n) is 11.8. The molecule has 4 heteroatoms. The maximum absolute atomic E-state index is 5.54. The second-order valence-electron chi connectivity index (χ2n) is 5.17. The first kappa shape index (κ1) is 14.0. The number of fused-ring (bicyclic) bond motifs is 1. The van der Waals surface area contributed by atoms with E-state index in [4.69, 9.17) is 10.2 Å². The Bertz CT molecular complexity index is 521. The highest BCUT2D eigenvalue weighted by molar-refractivity contribution is 5.73. The molecule has 0 spiro atoms. The van der Waals surface area contributed by atoms with Crippen LogP contribution in [-0.2, 0) is 6.42 Å². The maximum Gasteiger partial charge on any atom is 0.192 e. The summed E-state index contributed by atoms with van der Waals surface area (Å²) < 4.78 is 5.54. The van der Waals surface area contributed by atoms with E-state index in [0.29, 0.717) is 5.92 Å². The number of oxazole rings is 1. The molecular formula is C15H23N3O. The quantitative estimate of drug-likeness (QED) is 0.750. The molecular weight excluding hydrogens is 238 g/mol. The van der Waals surface area contributed by atoms with Crippen LogP contribution in [0.15, 0.2) is 22.6 Å². The highest BCUT2D eigenvalue weighted by Gasteiger charge is 2.04. The number of aryl methyl sites for hydroxylation is 1. The molecule has 0 aliphatic carbocycles. The van der Waals surface area contributed by atoms with Gasteiger partial charge in [0.25, 0.3) is 0 Å². The first-order valence-corrected chi connectivity index (χ1v) is 6.96. The molecule has 1 atom stereocenters. The van der Waals surface area contributed by atoms with E-state index in [-0.39, 0.29) is 0 Å². The van der Waals surface area contributed by atoms with Gasteiger partial charge in [0.2, 0.25) is 0 Å². The summed E-state index contributed by atoms with van der Waals surface area (Å²) in [4.78, 5) is 4.30. The molecule has 1 aromatic heterocycles. The van der Waals surface area contributed by atoms with Gasteiger partial charge in [-0.2, -0.15) is 0 Å². The number of aromatic nitrogens is 1. The lowest BCUT2D eigenvalue weighted by molar-refractivity contribution is 0.489. The molecule has 1 unspecified atom stereocenters. The molecule has 19 heavy (non-hydrogen) atoms. The van der Waals surface area contributed by atoms with Gasteiger partial charge in [0.1, 0.15) is 5.52 Å². The third-order valence-corrected chi connectivity index (χ3v) is 3.30. The Morgan fingerprint density at radius 1 is 1.42 bits per heavy atom. The third-order valence-electron chi connectivity index (χ3n) is 3.30. The van der Waals surface area contributed by atoms with Gasteiger partial charge in [0.15, 0.2) is 11.5 Å². The summed E-state index contributed by atoms with van der Waals surface area (Å²) in [6.07, 6.45) is 2.08. The number of benzene rings is 1. The molecule has 0 aliphatic heterocycles. The van der Waals surface area contributed by atoms with Gasteiger partial charge in [0.05, 0.1) is 0 Å². The van der Waals surface area contributed by atoms with Gasteiger partial charge in [-0.1, -0.05) is 13.0 Å². The van der Waals surface area contributed by atoms with E-state index in [0.717, 1.165) is 49.5 Å². The van der Waals surface area contributed by atoms with Crippen LogP contribution in [0.2, 0.25) is 0 Å². The molecule has 1 heterocycles. The molecule has 2 rings (SSSR count). The van der Waals surface area contributed by atoms with Crippen LogP contribution in [-0.4, -0.2) is 24.6 Å². The SMILES string of the molecule is Cc1nc2ccc(CCNCC(C)CCN)cc2o1. The summed E-state index contributed by atoms with van der Waals surface area (Å²) in [6, 6.07) is 6.23. The fourth-order valence-electron chi connectivity index (χ4n) is 2.21. The van der Waals surface area contributed by atoms with Crippen molar-refractivity contribution in [2.24, 2.45) is 11.7 Å². The van der Waals surface area contributed by atoms with Crippen molar-refractivity contribution >= 4 is 11.1 Å². The molecule has 3 N–H and O–H groups in total. The number of nitrogens with one attached hydrogen (secondary N) is 1. The van der Waals surface area contributed by atoms with Crippen LogP contribution in [0.3, 0.4) is 0 Å². The minimum atomic E-state index is 0.643. The Kier molecular flexibility index (Phi) is 4.93. The molecule has 104 valence electrons. The van der Waals surface area contributed by atoms with Crippen molar-refractivity contribution in [2.75, 3.05) is 19.6 Å². The molecule has 0 amide bonds. The second-order valence-corrected chi connectivity index (χ2v) is 5.17. The van der Waals surface area contributed by atoms with E-state index in [2.05, 4.69) is 29.4 Å². The third kappa shape index (κ3) is 4.04. The second kappa shape index (κ2) is 6.68. The number of hydrogen-bond donors (Lipinski definition) is 2. The van der Waals surface area contributed by atoms with Crippen LogP contribution in [0.25, 0.3) is 11.1 Å². The summed E-state index contributed by atoms with van der Waals surface area (Å²) in [5.74, 6) is 1.37. The average Bonchev–Trinajstić information content (AvgIpc) is 2.74. The van der Waals surface area contributed by atoms with Gasteiger partial charge in [-0.25, -0.2) is 4.98 Å². The van der Waals surface area contributed by atoms with Crippen LogP contribution in [0, 0.1) is 12.8 Å². The van der Waals surface area contributed by atoms with E-state index < -0.39 is 0 Å². The fourth-order valence-corrected chi connectivity index (χ4v) is 2.21. The molecule has 0 bridgehead atoms. The number of rotatable bonds is 7. The summed E-state index contributed by atoms with van der Waals surface area (Å²) in [5, 5.41) is 3.47. The normalized spacial score (nSPS) is 13.0. The number of nitrogens with two attached hydrogens (primary N) is 1. The molecule has 0 saturated heterocycles. The number of hydrogen-bond acceptors (Lipinski definition) is 4. The summed E-state index contributed by atoms with van der Waals surface area (Å²) >= 11 is 0. The van der Waals surface area contributed by atoms with Crippen molar-refractivity contribution in [3.8, 4) is 0 Å². The summed E-state index contributed by atoms with van der Waals surface area (Å²) in [6.45, 7) is 6.88. The van der Waals surface area contributed by atoms with Gasteiger partial charge < -0.3 is 15.5 Å². The van der Waals surface area contributed by atoms with Crippen LogP contribution < -0.4 is 11.1 Å². The largest absolute Gasteiger partial charge is 0.441 e. The predicted octanol–water partition coefficient (Wildman–Crippen LogP) is 2.25. The van der Waals surface area contributed by atoms with E-state index in [1.54, 1.807) is 0 Å². The Morgan fingerprint density at radius 2 is 2.26 bits per heavy atom. The summed E-state index contributed by atoms with van der Waals surface area (Å²) in [5.41, 5.74) is 8.63. The lowest BCUT2D eigenvalue weighted by atomic mass is 10.1. The first-order chi connectivity index (χ1) is 9.19. The van der Waals surface area contributed by atoms with Crippen molar-refractivity contribution in [1.82, 2.24) is 10.3 Å². The van der Waals surface area contributed by atoms with Crippen molar-refractivity contribution < 1.29 is 4.42 Å². The minimum absolute atomic E-state index is 0.643. The molecule has 1 aromatic carbocycles. The van der Waals surface area contributed by atoms with Crippen molar-refractivity contribution in [3.63, 3.8) is 0 Å². The van der Waals surface area contributed by atoms with Gasteiger partial charge in [-0.3, -0.25) is 0 Å². The molecule has 0 fully saturated rings. The molecule has 0 aliphatic rings. The monoisotopic (exact) mass is 261 g/mol. The molecule has 2 aromatic rings. The predicted molar refractivity (Wildman–Crippen MR) is 78.2 cm³/mol. The first-order valence-electron chi connectivity index (χ1n) is 6.96. The molecule has 0 saturated carbocycles. The van der Waals surface area contributed by atoms with E-state index in [1.807, 2.05) is 13.0 Å². The Balaban J connectivity index is 1.81.